The van der Waals surface area contributed by atoms with E-state index in [9.17, 15) is 25.2 Å². The predicted molar refractivity (Wildman–Crippen MR) is 96.7 cm³/mol. The molecule has 3 aliphatic carbocycles. The van der Waals surface area contributed by atoms with E-state index >= 15 is 0 Å². The third kappa shape index (κ3) is 1.55. The molecule has 2 saturated carbocycles. The Morgan fingerprint density at radius 2 is 2.04 bits per heavy atom. The first-order chi connectivity index (χ1) is 13.2. The number of hydrogen-bond donors (Lipinski definition) is 4. The summed E-state index contributed by atoms with van der Waals surface area (Å²) in [6, 6.07) is 3.28. The minimum absolute atomic E-state index is 0.0709. The number of quaternary nitrogens is 1. The molecule has 2 heterocycles. The smallest absolute Gasteiger partial charge is 0.237 e. The summed E-state index contributed by atoms with van der Waals surface area (Å²) >= 11 is 0. The Morgan fingerprint density at radius 1 is 1.29 bits per heavy atom. The lowest BCUT2D eigenvalue weighted by Crippen LogP contribution is -2.90. The number of nitrogens with zero attached hydrogens (tertiary/aromatic N) is 1. The second kappa shape index (κ2) is 4.73. The van der Waals surface area contributed by atoms with E-state index in [-0.39, 0.29) is 34.6 Å². The van der Waals surface area contributed by atoms with Gasteiger partial charge in [0.1, 0.15) is 0 Å². The zero-order valence-corrected chi connectivity index (χ0v) is 15.9. The number of carbonyl (C=O) groups excluding carboxylic acids is 1. The SMILES string of the molecule is C[N@+]1(CC2CC2)CC[C@]23c4c5ccc(O)c4O[C@H]2C(=O)CC(O)[C@@]3(O)[C@@]1(O)C5. The quantitative estimate of drug-likeness (QED) is 0.530. The second-order valence-corrected chi connectivity index (χ2v) is 9.86. The molecule has 6 atom stereocenters. The van der Waals surface area contributed by atoms with Crippen LogP contribution in [-0.4, -0.2) is 74.4 Å². The highest BCUT2D eigenvalue weighted by molar-refractivity contribution is 5.90. The van der Waals surface area contributed by atoms with Crippen molar-refractivity contribution in [3.05, 3.63) is 23.3 Å². The maximum atomic E-state index is 12.9. The molecule has 6 rings (SSSR count). The van der Waals surface area contributed by atoms with Crippen molar-refractivity contribution in [2.45, 2.75) is 61.1 Å². The van der Waals surface area contributed by atoms with E-state index in [2.05, 4.69) is 0 Å². The van der Waals surface area contributed by atoms with Crippen LogP contribution in [0.2, 0.25) is 0 Å². The first-order valence-corrected chi connectivity index (χ1v) is 10.2. The Bertz CT molecular complexity index is 930. The Labute approximate surface area is 162 Å². The number of aliphatic hydroxyl groups excluding tert-OH is 1. The fraction of sp³-hybridized carbons (Fsp3) is 0.667. The Morgan fingerprint density at radius 3 is 2.75 bits per heavy atom. The minimum Gasteiger partial charge on any atom is -0.504 e. The van der Waals surface area contributed by atoms with E-state index in [1.54, 1.807) is 6.07 Å². The van der Waals surface area contributed by atoms with Crippen molar-refractivity contribution in [3.63, 3.8) is 0 Å². The number of phenolic OH excluding ortho intramolecular Hbond substituents is 1. The topological polar surface area (TPSA) is 107 Å². The van der Waals surface area contributed by atoms with E-state index in [0.717, 1.165) is 24.9 Å². The molecule has 0 amide bonds. The Hall–Kier alpha value is -1.67. The van der Waals surface area contributed by atoms with E-state index < -0.39 is 28.9 Å². The number of Topliss-reactive ketones (excluding diaryl/α,β-unsaturated/α-hetero) is 1. The first-order valence-electron chi connectivity index (χ1n) is 10.2. The second-order valence-electron chi connectivity index (χ2n) is 9.86. The van der Waals surface area contributed by atoms with Crippen LogP contribution in [0.15, 0.2) is 12.1 Å². The lowest BCUT2D eigenvalue weighted by Gasteiger charge is -2.68. The zero-order chi connectivity index (χ0) is 19.7. The van der Waals surface area contributed by atoms with Gasteiger partial charge in [-0.2, -0.15) is 0 Å². The van der Waals surface area contributed by atoms with Gasteiger partial charge in [0.2, 0.25) is 5.72 Å². The first kappa shape index (κ1) is 17.2. The molecule has 1 unspecified atom stereocenters. The number of rotatable bonds is 2. The van der Waals surface area contributed by atoms with Crippen LogP contribution in [0, 0.1) is 5.92 Å². The van der Waals surface area contributed by atoms with Gasteiger partial charge in [-0.15, -0.1) is 0 Å². The predicted octanol–water partition coefficient (Wildman–Crippen LogP) is -0.0392. The summed E-state index contributed by atoms with van der Waals surface area (Å²) in [6.07, 6.45) is 0.153. The number of aromatic hydroxyl groups is 1. The summed E-state index contributed by atoms with van der Waals surface area (Å²) in [6.45, 7) is 1.31. The molecule has 7 nitrogen and oxygen atoms in total. The number of ketones is 1. The average Bonchev–Trinajstić information content (AvgIpc) is 3.36. The third-order valence-corrected chi connectivity index (χ3v) is 8.50. The van der Waals surface area contributed by atoms with E-state index in [4.69, 9.17) is 4.74 Å². The molecule has 5 aliphatic rings. The van der Waals surface area contributed by atoms with Gasteiger partial charge >= 0.3 is 0 Å². The van der Waals surface area contributed by atoms with E-state index in [0.29, 0.717) is 24.4 Å². The molecule has 1 aromatic carbocycles. The van der Waals surface area contributed by atoms with Gasteiger partial charge < -0.3 is 25.2 Å². The summed E-state index contributed by atoms with van der Waals surface area (Å²) in [5.41, 5.74) is -3.41. The van der Waals surface area contributed by atoms with Crippen LogP contribution in [0.1, 0.15) is 36.8 Å². The fourth-order valence-corrected chi connectivity index (χ4v) is 6.99. The van der Waals surface area contributed by atoms with Gasteiger partial charge in [-0.25, -0.2) is 0 Å². The van der Waals surface area contributed by atoms with Crippen molar-refractivity contribution in [3.8, 4) is 11.5 Å². The Balaban J connectivity index is 1.67. The van der Waals surface area contributed by atoms with Crippen molar-refractivity contribution >= 4 is 5.78 Å². The average molecular weight is 388 g/mol. The summed E-state index contributed by atoms with van der Waals surface area (Å²) in [5.74, 6) is 0.379. The van der Waals surface area contributed by atoms with Gasteiger partial charge in [-0.05, 0) is 24.5 Å². The molecule has 0 aromatic heterocycles. The van der Waals surface area contributed by atoms with Crippen molar-refractivity contribution in [1.82, 2.24) is 0 Å². The number of phenols is 1. The normalized spacial score (nSPS) is 48.2. The van der Waals surface area contributed by atoms with Gasteiger partial charge in [0.25, 0.3) is 0 Å². The number of benzene rings is 1. The number of hydrogen-bond acceptors (Lipinski definition) is 6. The summed E-state index contributed by atoms with van der Waals surface area (Å²) in [7, 11) is 1.96. The molecule has 2 bridgehead atoms. The van der Waals surface area contributed by atoms with Crippen molar-refractivity contribution in [2.75, 3.05) is 20.1 Å². The maximum absolute atomic E-state index is 12.9. The van der Waals surface area contributed by atoms with Gasteiger partial charge in [-0.3, -0.25) is 9.28 Å². The largest absolute Gasteiger partial charge is 0.504 e. The maximum Gasteiger partial charge on any atom is 0.237 e. The highest BCUT2D eigenvalue weighted by Crippen LogP contribution is 2.68. The summed E-state index contributed by atoms with van der Waals surface area (Å²) in [4.78, 5) is 12.9. The van der Waals surface area contributed by atoms with Crippen LogP contribution in [0.4, 0.5) is 0 Å². The lowest BCUT2D eigenvalue weighted by molar-refractivity contribution is -1.00. The molecule has 7 heteroatoms. The van der Waals surface area contributed by atoms with Crippen LogP contribution in [0.25, 0.3) is 0 Å². The van der Waals surface area contributed by atoms with Crippen molar-refractivity contribution in [1.29, 1.82) is 0 Å². The highest BCUT2D eigenvalue weighted by Gasteiger charge is 2.85. The number of aliphatic hydroxyl groups is 3. The number of likely N-dealkylation sites (tertiary alicyclic amines) is 1. The van der Waals surface area contributed by atoms with Gasteiger partial charge in [0.05, 0.1) is 38.1 Å². The summed E-state index contributed by atoms with van der Waals surface area (Å²) < 4.78 is 6.21. The molecule has 28 heavy (non-hydrogen) atoms. The van der Waals surface area contributed by atoms with Gasteiger partial charge in [0.15, 0.2) is 29.0 Å². The van der Waals surface area contributed by atoms with Crippen LogP contribution >= 0.6 is 0 Å². The van der Waals surface area contributed by atoms with Crippen LogP contribution < -0.4 is 4.74 Å². The minimum atomic E-state index is -1.92. The van der Waals surface area contributed by atoms with Crippen molar-refractivity contribution < 1.29 is 34.4 Å². The fourth-order valence-electron chi connectivity index (χ4n) is 6.99. The van der Waals surface area contributed by atoms with Crippen LogP contribution in [-0.2, 0) is 16.6 Å². The molecule has 2 aliphatic heterocycles. The van der Waals surface area contributed by atoms with Crippen molar-refractivity contribution in [2.24, 2.45) is 5.92 Å². The molecule has 1 spiro atoms. The third-order valence-electron chi connectivity index (χ3n) is 8.50. The monoisotopic (exact) mass is 388 g/mol. The van der Waals surface area contributed by atoms with Crippen LogP contribution in [0.5, 0.6) is 11.5 Å². The molecule has 150 valence electrons. The molecular weight excluding hydrogens is 362 g/mol. The molecule has 1 aromatic rings. The molecule has 3 fully saturated rings. The van der Waals surface area contributed by atoms with E-state index in [1.165, 1.54) is 6.07 Å². The standard InChI is InChI=1S/C21H25NO6/c1-22(10-11-2-3-11)7-6-19-16-12-4-5-13(23)17(16)28-18(19)14(24)8-15(25)21(19,27)20(22,26)9-12/h4-5,11,15,18,25-27H,2-3,6-10H2,1H3/p+1/t15?,18-,19-,20-,21-,22+/m0/s1. The number of ether oxygens (including phenoxy) is 1. The van der Waals surface area contributed by atoms with E-state index in [1.807, 2.05) is 7.05 Å². The molecule has 0 radical (unpaired) electrons. The molecule has 1 saturated heterocycles. The summed E-state index contributed by atoms with van der Waals surface area (Å²) in [5, 5.41) is 45.8. The lowest BCUT2D eigenvalue weighted by atomic mass is 9.46. The Kier molecular flexibility index (Phi) is 2.90. The van der Waals surface area contributed by atoms with Crippen LogP contribution in [0.3, 0.4) is 0 Å². The van der Waals surface area contributed by atoms with Gasteiger partial charge in [-0.1, -0.05) is 6.07 Å². The molecular formula is C21H26NO6+. The highest BCUT2D eigenvalue weighted by atomic mass is 16.5. The van der Waals surface area contributed by atoms with Gasteiger partial charge in [0, 0.05) is 24.3 Å². The zero-order valence-electron chi connectivity index (χ0n) is 15.9. The number of carbonyl (C=O) groups is 1. The molecule has 4 N–H and O–H groups in total. The number of piperidine rings is 1. The number of likely N-dealkylation sites (N-methyl/N-ethyl adjacent to an activating group) is 1.